The summed E-state index contributed by atoms with van der Waals surface area (Å²) in [5.74, 6) is 1.35. The van der Waals surface area contributed by atoms with E-state index in [9.17, 15) is 4.79 Å². The number of halogens is 2. The molecule has 0 amide bonds. The van der Waals surface area contributed by atoms with Crippen molar-refractivity contribution in [3.8, 4) is 22.8 Å². The summed E-state index contributed by atoms with van der Waals surface area (Å²) >= 11 is 13.4. The lowest BCUT2D eigenvalue weighted by Gasteiger charge is -2.12. The number of nitrogens with zero attached hydrogens (tertiary/aromatic N) is 3. The molecule has 4 rings (SSSR count). The number of carbonyl (C=O) groups is 1. The van der Waals surface area contributed by atoms with Crippen molar-refractivity contribution in [2.45, 2.75) is 12.1 Å². The molecule has 0 bridgehead atoms. The second-order valence-electron chi connectivity index (χ2n) is 7.01. The van der Waals surface area contributed by atoms with E-state index in [1.807, 2.05) is 60.0 Å². The highest BCUT2D eigenvalue weighted by molar-refractivity contribution is 7.99. The van der Waals surface area contributed by atoms with Crippen molar-refractivity contribution >= 4 is 40.7 Å². The van der Waals surface area contributed by atoms with E-state index in [0.29, 0.717) is 32.3 Å². The van der Waals surface area contributed by atoms with Crippen molar-refractivity contribution in [2.24, 2.45) is 0 Å². The standard InChI is InChI=1S/C24H19Cl2N3O2S/c1-15-7-10-17(11-8-15)29-23(19-5-3-4-6-22(19)31-2)27-28-24(29)32-14-21(30)18-12-9-16(25)13-20(18)26/h3-13H,14H2,1-2H3. The zero-order valence-electron chi connectivity index (χ0n) is 17.4. The van der Waals surface area contributed by atoms with Crippen molar-refractivity contribution < 1.29 is 9.53 Å². The SMILES string of the molecule is COc1ccccc1-c1nnc(SCC(=O)c2ccc(Cl)cc2Cl)n1-c1ccc(C)cc1. The van der Waals surface area contributed by atoms with Gasteiger partial charge in [-0.05, 0) is 49.4 Å². The number of thioether (sulfide) groups is 1. The van der Waals surface area contributed by atoms with Crippen LogP contribution in [0.2, 0.25) is 10.0 Å². The highest BCUT2D eigenvalue weighted by Gasteiger charge is 2.20. The smallest absolute Gasteiger partial charge is 0.196 e. The Morgan fingerprint density at radius 2 is 1.78 bits per heavy atom. The summed E-state index contributed by atoms with van der Waals surface area (Å²) in [5, 5.41) is 10.2. The molecule has 8 heteroatoms. The molecule has 0 saturated carbocycles. The third-order valence-corrected chi connectivity index (χ3v) is 6.31. The predicted octanol–water partition coefficient (Wildman–Crippen LogP) is 6.53. The zero-order chi connectivity index (χ0) is 22.7. The maximum atomic E-state index is 12.8. The molecule has 1 aromatic heterocycles. The number of para-hydroxylation sites is 1. The molecular formula is C24H19Cl2N3O2S. The first-order chi connectivity index (χ1) is 15.5. The molecule has 0 radical (unpaired) electrons. The fourth-order valence-corrected chi connectivity index (χ4v) is 4.57. The van der Waals surface area contributed by atoms with Gasteiger partial charge in [-0.25, -0.2) is 0 Å². The summed E-state index contributed by atoms with van der Waals surface area (Å²) < 4.78 is 7.46. The molecule has 5 nitrogen and oxygen atoms in total. The number of hydrogen-bond donors (Lipinski definition) is 0. The van der Waals surface area contributed by atoms with Crippen LogP contribution in [0.25, 0.3) is 17.1 Å². The van der Waals surface area contributed by atoms with E-state index in [4.69, 9.17) is 27.9 Å². The summed E-state index contributed by atoms with van der Waals surface area (Å²) in [5.41, 5.74) is 3.26. The molecule has 0 spiro atoms. The van der Waals surface area contributed by atoms with Crippen LogP contribution in [-0.2, 0) is 0 Å². The average Bonchev–Trinajstić information content (AvgIpc) is 3.21. The normalized spacial score (nSPS) is 10.9. The van der Waals surface area contributed by atoms with Crippen molar-refractivity contribution in [2.75, 3.05) is 12.9 Å². The first kappa shape index (κ1) is 22.4. The Morgan fingerprint density at radius 1 is 1.03 bits per heavy atom. The zero-order valence-corrected chi connectivity index (χ0v) is 19.7. The van der Waals surface area contributed by atoms with Crippen LogP contribution in [-0.4, -0.2) is 33.4 Å². The Kier molecular flexibility index (Phi) is 6.84. The van der Waals surface area contributed by atoms with Gasteiger partial charge in [-0.15, -0.1) is 10.2 Å². The van der Waals surface area contributed by atoms with Crippen molar-refractivity contribution in [1.82, 2.24) is 14.8 Å². The number of benzene rings is 3. The maximum absolute atomic E-state index is 12.8. The number of ketones is 1. The fourth-order valence-electron chi connectivity index (χ4n) is 3.22. The molecule has 0 aliphatic rings. The summed E-state index contributed by atoms with van der Waals surface area (Å²) in [4.78, 5) is 12.8. The number of carbonyl (C=O) groups excluding carboxylic acids is 1. The molecule has 0 aliphatic carbocycles. The number of methoxy groups -OCH3 is 1. The largest absolute Gasteiger partial charge is 0.496 e. The van der Waals surface area contributed by atoms with Gasteiger partial charge in [0.1, 0.15) is 5.75 Å². The second-order valence-corrected chi connectivity index (χ2v) is 8.80. The van der Waals surface area contributed by atoms with Crippen LogP contribution in [0.15, 0.2) is 71.9 Å². The van der Waals surface area contributed by atoms with Crippen LogP contribution in [0.4, 0.5) is 0 Å². The van der Waals surface area contributed by atoms with Crippen LogP contribution >= 0.6 is 35.0 Å². The van der Waals surface area contributed by atoms with Crippen molar-refractivity contribution in [1.29, 1.82) is 0 Å². The van der Waals surface area contributed by atoms with E-state index in [-0.39, 0.29) is 11.5 Å². The Hall–Kier alpha value is -2.80. The van der Waals surface area contributed by atoms with Gasteiger partial charge < -0.3 is 4.74 Å². The van der Waals surface area contributed by atoms with E-state index >= 15 is 0 Å². The second kappa shape index (κ2) is 9.77. The lowest BCUT2D eigenvalue weighted by Crippen LogP contribution is -2.06. The number of rotatable bonds is 7. The molecule has 0 N–H and O–H groups in total. The summed E-state index contributed by atoms with van der Waals surface area (Å²) in [6.07, 6.45) is 0. The Bertz CT molecular complexity index is 1270. The highest BCUT2D eigenvalue weighted by Crippen LogP contribution is 2.33. The first-order valence-corrected chi connectivity index (χ1v) is 11.5. The van der Waals surface area contributed by atoms with Crippen LogP contribution in [0.5, 0.6) is 5.75 Å². The third kappa shape index (κ3) is 4.67. The minimum atomic E-state index is -0.117. The third-order valence-electron chi connectivity index (χ3n) is 4.84. The summed E-state index contributed by atoms with van der Waals surface area (Å²) in [6.45, 7) is 2.03. The van der Waals surface area contributed by atoms with Crippen molar-refractivity contribution in [3.05, 3.63) is 87.9 Å². The van der Waals surface area contributed by atoms with Crippen LogP contribution in [0, 0.1) is 6.92 Å². The number of Topliss-reactive ketones (excluding diaryl/α,β-unsaturated/α-hetero) is 1. The van der Waals surface area contributed by atoms with E-state index in [2.05, 4.69) is 10.2 Å². The van der Waals surface area contributed by atoms with Crippen molar-refractivity contribution in [3.63, 3.8) is 0 Å². The van der Waals surface area contributed by atoms with Crippen LogP contribution < -0.4 is 4.74 Å². The van der Waals surface area contributed by atoms with Crippen LogP contribution in [0.1, 0.15) is 15.9 Å². The van der Waals surface area contributed by atoms with E-state index in [1.165, 1.54) is 11.8 Å². The van der Waals surface area contributed by atoms with Gasteiger partial charge in [-0.3, -0.25) is 9.36 Å². The Balaban J connectivity index is 1.71. The Labute approximate surface area is 200 Å². The quantitative estimate of drug-likeness (QED) is 0.220. The lowest BCUT2D eigenvalue weighted by molar-refractivity contribution is 0.102. The van der Waals surface area contributed by atoms with Gasteiger partial charge in [-0.2, -0.15) is 0 Å². The van der Waals surface area contributed by atoms with Gasteiger partial charge in [0, 0.05) is 16.3 Å². The number of aryl methyl sites for hydroxylation is 1. The fraction of sp³-hybridized carbons (Fsp3) is 0.125. The molecule has 0 unspecified atom stereocenters. The molecule has 0 saturated heterocycles. The molecule has 0 aliphatic heterocycles. The summed E-state index contributed by atoms with van der Waals surface area (Å²) in [7, 11) is 1.62. The maximum Gasteiger partial charge on any atom is 0.196 e. The molecule has 162 valence electrons. The van der Waals surface area contributed by atoms with E-state index in [1.54, 1.807) is 25.3 Å². The Morgan fingerprint density at radius 3 is 2.50 bits per heavy atom. The minimum absolute atomic E-state index is 0.117. The first-order valence-electron chi connectivity index (χ1n) is 9.75. The molecule has 4 aromatic rings. The summed E-state index contributed by atoms with van der Waals surface area (Å²) in [6, 6.07) is 20.5. The molecule has 3 aromatic carbocycles. The monoisotopic (exact) mass is 483 g/mol. The highest BCUT2D eigenvalue weighted by atomic mass is 35.5. The number of aromatic nitrogens is 3. The average molecular weight is 484 g/mol. The van der Waals surface area contributed by atoms with Gasteiger partial charge >= 0.3 is 0 Å². The molecular weight excluding hydrogens is 465 g/mol. The molecule has 0 atom stereocenters. The van der Waals surface area contributed by atoms with Gasteiger partial charge in [0.2, 0.25) is 0 Å². The van der Waals surface area contributed by atoms with E-state index < -0.39 is 0 Å². The molecule has 0 fully saturated rings. The van der Waals surface area contributed by atoms with Gasteiger partial charge in [-0.1, -0.05) is 64.8 Å². The van der Waals surface area contributed by atoms with Crippen LogP contribution in [0.3, 0.4) is 0 Å². The van der Waals surface area contributed by atoms with Gasteiger partial charge in [0.05, 0.1) is 23.4 Å². The molecule has 1 heterocycles. The number of ether oxygens (including phenoxy) is 1. The van der Waals surface area contributed by atoms with Gasteiger partial charge in [0.25, 0.3) is 0 Å². The number of hydrogen-bond acceptors (Lipinski definition) is 5. The molecule has 32 heavy (non-hydrogen) atoms. The van der Waals surface area contributed by atoms with E-state index in [0.717, 1.165) is 16.8 Å². The topological polar surface area (TPSA) is 57.0 Å². The lowest BCUT2D eigenvalue weighted by atomic mass is 10.1. The minimum Gasteiger partial charge on any atom is -0.496 e. The van der Waals surface area contributed by atoms with Gasteiger partial charge in [0.15, 0.2) is 16.8 Å². The predicted molar refractivity (Wildman–Crippen MR) is 130 cm³/mol.